The minimum atomic E-state index is 0.246. The van der Waals surface area contributed by atoms with Gasteiger partial charge in [-0.3, -0.25) is 0 Å². The molecule has 4 heteroatoms. The molecule has 186 valence electrons. The van der Waals surface area contributed by atoms with Gasteiger partial charge in [0.1, 0.15) is 0 Å². The van der Waals surface area contributed by atoms with Crippen LogP contribution in [0, 0.1) is 0 Å². The lowest BCUT2D eigenvalue weighted by Gasteiger charge is -2.33. The Labute approximate surface area is 241 Å². The van der Waals surface area contributed by atoms with E-state index in [2.05, 4.69) is 138 Å². The van der Waals surface area contributed by atoms with E-state index in [1.165, 1.54) is 74.6 Å². The molecule has 7 aromatic rings. The van der Waals surface area contributed by atoms with E-state index in [1.54, 1.807) is 0 Å². The van der Waals surface area contributed by atoms with Crippen molar-refractivity contribution in [1.29, 1.82) is 0 Å². The van der Waals surface area contributed by atoms with Gasteiger partial charge in [0, 0.05) is 36.0 Å². The van der Waals surface area contributed by atoms with Crippen LogP contribution in [0.3, 0.4) is 0 Å². The summed E-state index contributed by atoms with van der Waals surface area (Å²) in [5.41, 5.74) is 10.5. The zero-order valence-corrected chi connectivity index (χ0v) is 23.2. The van der Waals surface area contributed by atoms with Crippen LogP contribution in [0.5, 0.6) is 0 Å². The van der Waals surface area contributed by atoms with Crippen molar-refractivity contribution in [2.45, 2.75) is 19.6 Å². The summed E-state index contributed by atoms with van der Waals surface area (Å²) in [6.45, 7) is 0.246. The molecule has 9 rings (SSSR count). The summed E-state index contributed by atoms with van der Waals surface area (Å²) >= 11 is 3.84. The first-order valence-corrected chi connectivity index (χ1v) is 15.3. The molecule has 0 amide bonds. The maximum absolute atomic E-state index is 2.42. The molecule has 0 saturated heterocycles. The Morgan fingerprint density at radius 2 is 1.05 bits per heavy atom. The summed E-state index contributed by atoms with van der Waals surface area (Å²) in [5, 5.41) is 2.59. The number of hydrogen-bond acceptors (Lipinski definition) is 2. The molecule has 2 aliphatic heterocycles. The second kappa shape index (κ2) is 8.69. The van der Waals surface area contributed by atoms with E-state index in [0.717, 1.165) is 0 Å². The fourth-order valence-corrected chi connectivity index (χ4v) is 9.04. The van der Waals surface area contributed by atoms with Crippen molar-refractivity contribution in [1.82, 2.24) is 4.57 Å². The molecule has 3 heterocycles. The molecule has 0 atom stereocenters. The molecule has 0 aliphatic carbocycles. The number of para-hydroxylation sites is 2. The third-order valence-corrected chi connectivity index (χ3v) is 10.6. The predicted octanol–water partition coefficient (Wildman–Crippen LogP) is 7.90. The SMILES string of the molecule is c1ccc(-c2ccc3c(c2)Sc2cccc4c2B3c2ccc(-n3c5ccccc5c5ccccc53)cc2S4)cc1. The highest BCUT2D eigenvalue weighted by atomic mass is 32.2. The van der Waals surface area contributed by atoms with Gasteiger partial charge in [0.15, 0.2) is 0 Å². The number of fused-ring (bicyclic) bond motifs is 7. The van der Waals surface area contributed by atoms with Gasteiger partial charge < -0.3 is 4.57 Å². The number of hydrogen-bond donors (Lipinski definition) is 0. The van der Waals surface area contributed by atoms with Crippen LogP contribution in [-0.4, -0.2) is 11.3 Å². The Balaban J connectivity index is 1.24. The van der Waals surface area contributed by atoms with E-state index >= 15 is 0 Å². The summed E-state index contributed by atoms with van der Waals surface area (Å²) in [4.78, 5) is 5.46. The average molecular weight is 544 g/mol. The highest BCUT2D eigenvalue weighted by molar-refractivity contribution is 8.01. The van der Waals surface area contributed by atoms with Gasteiger partial charge in [-0.1, -0.05) is 125 Å². The van der Waals surface area contributed by atoms with Gasteiger partial charge in [0.25, 0.3) is 0 Å². The second-order valence-corrected chi connectivity index (χ2v) is 12.7. The molecule has 0 bridgehead atoms. The molecule has 0 fully saturated rings. The van der Waals surface area contributed by atoms with Crippen molar-refractivity contribution in [3.63, 3.8) is 0 Å². The fourth-order valence-electron chi connectivity index (χ4n) is 6.56. The topological polar surface area (TPSA) is 4.93 Å². The van der Waals surface area contributed by atoms with Crippen molar-refractivity contribution < 1.29 is 0 Å². The van der Waals surface area contributed by atoms with E-state index in [4.69, 9.17) is 0 Å². The van der Waals surface area contributed by atoms with Crippen LogP contribution in [0.25, 0.3) is 38.6 Å². The van der Waals surface area contributed by atoms with E-state index in [-0.39, 0.29) is 6.71 Å². The van der Waals surface area contributed by atoms with Crippen LogP contribution >= 0.6 is 23.5 Å². The number of rotatable bonds is 2. The second-order valence-electron chi connectivity index (χ2n) is 10.5. The van der Waals surface area contributed by atoms with Gasteiger partial charge in [-0.15, -0.1) is 0 Å². The van der Waals surface area contributed by atoms with E-state index in [1.807, 2.05) is 23.5 Å². The number of benzene rings is 6. The largest absolute Gasteiger partial charge is 0.309 e. The molecular weight excluding hydrogens is 521 g/mol. The Bertz CT molecular complexity index is 2080. The third-order valence-electron chi connectivity index (χ3n) is 8.33. The van der Waals surface area contributed by atoms with E-state index in [9.17, 15) is 0 Å². The van der Waals surface area contributed by atoms with Gasteiger partial charge in [-0.2, -0.15) is 0 Å². The molecule has 0 unspecified atom stereocenters. The minimum Gasteiger partial charge on any atom is -0.309 e. The number of nitrogens with zero attached hydrogens (tertiary/aromatic N) is 1. The van der Waals surface area contributed by atoms with Crippen LogP contribution in [0.15, 0.2) is 153 Å². The quantitative estimate of drug-likeness (QED) is 0.204. The molecule has 0 N–H and O–H groups in total. The van der Waals surface area contributed by atoms with Gasteiger partial charge in [0.05, 0.1) is 11.0 Å². The van der Waals surface area contributed by atoms with Crippen molar-refractivity contribution >= 4 is 68.4 Å². The molecule has 1 nitrogen and oxygen atoms in total. The average Bonchev–Trinajstić information content (AvgIpc) is 3.35. The summed E-state index contributed by atoms with van der Waals surface area (Å²) in [6, 6.07) is 49.2. The van der Waals surface area contributed by atoms with Gasteiger partial charge in [-0.05, 0) is 59.1 Å². The number of aromatic nitrogens is 1. The molecule has 0 saturated carbocycles. The monoisotopic (exact) mass is 543 g/mol. The van der Waals surface area contributed by atoms with Crippen LogP contribution < -0.4 is 16.4 Å². The molecule has 1 aromatic heterocycles. The maximum Gasteiger partial charge on any atom is 0.247 e. The molecule has 0 spiro atoms. The van der Waals surface area contributed by atoms with E-state index in [0.29, 0.717) is 0 Å². The zero-order chi connectivity index (χ0) is 26.2. The molecule has 2 aliphatic rings. The Hall–Kier alpha value is -4.12. The van der Waals surface area contributed by atoms with Crippen LogP contribution in [0.2, 0.25) is 0 Å². The third kappa shape index (κ3) is 3.27. The Morgan fingerprint density at radius 3 is 1.75 bits per heavy atom. The molecular formula is C36H22BNS2. The highest BCUT2D eigenvalue weighted by Gasteiger charge is 2.38. The standard InChI is InChI=1S/C36H22BNS2/c1-2-9-23(10-3-1)24-17-19-28-34(21-24)39-32-15-8-16-33-36(32)37(28)29-20-18-25(22-35(29)40-33)38-30-13-6-4-11-26(30)27-12-5-7-14-31(27)38/h1-22H. The normalized spacial score (nSPS) is 13.2. The fraction of sp³-hybridized carbons (Fsp3) is 0. The lowest BCUT2D eigenvalue weighted by Crippen LogP contribution is -2.58. The summed E-state index contributed by atoms with van der Waals surface area (Å²) < 4.78 is 2.42. The van der Waals surface area contributed by atoms with Crippen molar-refractivity contribution in [2.24, 2.45) is 0 Å². The molecule has 40 heavy (non-hydrogen) atoms. The van der Waals surface area contributed by atoms with Crippen LogP contribution in [-0.2, 0) is 0 Å². The van der Waals surface area contributed by atoms with Crippen LogP contribution in [0.4, 0.5) is 0 Å². The van der Waals surface area contributed by atoms with Gasteiger partial charge in [0.2, 0.25) is 6.71 Å². The summed E-state index contributed by atoms with van der Waals surface area (Å²) in [6.07, 6.45) is 0. The first kappa shape index (κ1) is 22.7. The Kier molecular flexibility index (Phi) is 4.93. The van der Waals surface area contributed by atoms with Gasteiger partial charge in [-0.25, -0.2) is 0 Å². The minimum absolute atomic E-state index is 0.246. The smallest absolute Gasteiger partial charge is 0.247 e. The molecule has 0 radical (unpaired) electrons. The zero-order valence-electron chi connectivity index (χ0n) is 21.5. The summed E-state index contributed by atoms with van der Waals surface area (Å²) in [7, 11) is 0. The van der Waals surface area contributed by atoms with Crippen LogP contribution in [0.1, 0.15) is 0 Å². The summed E-state index contributed by atoms with van der Waals surface area (Å²) in [5.74, 6) is 0. The lowest BCUT2D eigenvalue weighted by atomic mass is 9.36. The van der Waals surface area contributed by atoms with Crippen molar-refractivity contribution in [3.8, 4) is 16.8 Å². The van der Waals surface area contributed by atoms with E-state index < -0.39 is 0 Å². The Morgan fingerprint density at radius 1 is 0.450 bits per heavy atom. The lowest BCUT2D eigenvalue weighted by molar-refractivity contribution is 1.16. The first-order chi connectivity index (χ1) is 19.8. The van der Waals surface area contributed by atoms with Gasteiger partial charge >= 0.3 is 0 Å². The predicted molar refractivity (Wildman–Crippen MR) is 172 cm³/mol. The van der Waals surface area contributed by atoms with Crippen molar-refractivity contribution in [3.05, 3.63) is 133 Å². The highest BCUT2D eigenvalue weighted by Crippen LogP contribution is 2.40. The maximum atomic E-state index is 2.42. The van der Waals surface area contributed by atoms with Crippen molar-refractivity contribution in [2.75, 3.05) is 0 Å². The first-order valence-electron chi connectivity index (χ1n) is 13.6. The molecule has 6 aromatic carbocycles.